The van der Waals surface area contributed by atoms with Crippen LogP contribution in [0.4, 0.5) is 5.13 Å². The lowest BCUT2D eigenvalue weighted by Gasteiger charge is -2.16. The molecule has 0 aliphatic carbocycles. The van der Waals surface area contributed by atoms with Gasteiger partial charge in [0.15, 0.2) is 5.13 Å². The monoisotopic (exact) mass is 449 g/mol. The van der Waals surface area contributed by atoms with E-state index in [2.05, 4.69) is 10.3 Å². The van der Waals surface area contributed by atoms with E-state index >= 15 is 0 Å². The van der Waals surface area contributed by atoms with Crippen LogP contribution in [0.2, 0.25) is 0 Å². The van der Waals surface area contributed by atoms with E-state index in [9.17, 15) is 13.2 Å². The number of carbonyl (C=O) groups excluding carboxylic acids is 1. The van der Waals surface area contributed by atoms with Crippen molar-refractivity contribution < 1.29 is 13.2 Å². The molecule has 0 aliphatic rings. The van der Waals surface area contributed by atoms with Crippen LogP contribution in [-0.4, -0.2) is 43.5 Å². The second-order valence-electron chi connectivity index (χ2n) is 6.48. The minimum Gasteiger partial charge on any atom is -0.298 e. The molecule has 0 aliphatic heterocycles. The van der Waals surface area contributed by atoms with Gasteiger partial charge in [0.2, 0.25) is 10.0 Å². The predicted molar refractivity (Wildman–Crippen MR) is 121 cm³/mol. The number of unbranched alkanes of at least 4 members (excludes halogenated alkanes) is 1. The SMILES string of the molecule is CCCCN(C)S(=O)(=O)c1ccc(C(=O)Nc2nc3c(SC)cccc3s2)cc1. The second-order valence-corrected chi connectivity index (χ2v) is 10.4. The molecule has 154 valence electrons. The molecular weight excluding hydrogens is 426 g/mol. The first-order chi connectivity index (χ1) is 13.9. The number of anilines is 1. The summed E-state index contributed by atoms with van der Waals surface area (Å²) in [5.74, 6) is -0.321. The molecule has 29 heavy (non-hydrogen) atoms. The Hall–Kier alpha value is -1.94. The molecule has 0 saturated heterocycles. The summed E-state index contributed by atoms with van der Waals surface area (Å²) in [6.45, 7) is 2.48. The molecule has 9 heteroatoms. The third-order valence-corrected chi connectivity index (χ3v) is 8.05. The van der Waals surface area contributed by atoms with Gasteiger partial charge in [-0.1, -0.05) is 30.7 Å². The van der Waals surface area contributed by atoms with Crippen LogP contribution in [0.5, 0.6) is 0 Å². The van der Waals surface area contributed by atoms with Crippen molar-refractivity contribution in [3.05, 3.63) is 48.0 Å². The van der Waals surface area contributed by atoms with Gasteiger partial charge in [0.1, 0.15) is 0 Å². The van der Waals surface area contributed by atoms with Crippen LogP contribution in [-0.2, 0) is 10.0 Å². The van der Waals surface area contributed by atoms with Gasteiger partial charge in [0.25, 0.3) is 5.91 Å². The maximum atomic E-state index is 12.6. The molecule has 0 atom stereocenters. The molecule has 0 bridgehead atoms. The van der Waals surface area contributed by atoms with Crippen LogP contribution in [0.1, 0.15) is 30.1 Å². The van der Waals surface area contributed by atoms with Crippen molar-refractivity contribution in [2.24, 2.45) is 0 Å². The van der Waals surface area contributed by atoms with Gasteiger partial charge in [-0.05, 0) is 49.1 Å². The van der Waals surface area contributed by atoms with Crippen LogP contribution < -0.4 is 5.32 Å². The van der Waals surface area contributed by atoms with Gasteiger partial charge in [-0.2, -0.15) is 0 Å². The molecular formula is C20H23N3O3S3. The highest BCUT2D eigenvalue weighted by Crippen LogP contribution is 2.32. The number of thiazole rings is 1. The quantitative estimate of drug-likeness (QED) is 0.505. The van der Waals surface area contributed by atoms with Crippen LogP contribution >= 0.6 is 23.1 Å². The van der Waals surface area contributed by atoms with E-state index in [1.54, 1.807) is 18.8 Å². The Morgan fingerprint density at radius 2 is 1.93 bits per heavy atom. The molecule has 0 radical (unpaired) electrons. The number of sulfonamides is 1. The Balaban J connectivity index is 1.75. The Kier molecular flexibility index (Phi) is 6.94. The van der Waals surface area contributed by atoms with Crippen molar-refractivity contribution in [2.45, 2.75) is 29.6 Å². The number of carbonyl (C=O) groups is 1. The third-order valence-electron chi connectivity index (χ3n) is 4.47. The fraction of sp³-hybridized carbons (Fsp3) is 0.300. The smallest absolute Gasteiger partial charge is 0.257 e. The number of aromatic nitrogens is 1. The number of benzene rings is 2. The molecule has 6 nitrogen and oxygen atoms in total. The zero-order chi connectivity index (χ0) is 21.0. The summed E-state index contributed by atoms with van der Waals surface area (Å²) in [4.78, 5) is 18.3. The topological polar surface area (TPSA) is 79.4 Å². The largest absolute Gasteiger partial charge is 0.298 e. The molecule has 1 aromatic heterocycles. The van der Waals surface area contributed by atoms with Gasteiger partial charge in [-0.15, -0.1) is 11.8 Å². The van der Waals surface area contributed by atoms with E-state index in [0.29, 0.717) is 17.2 Å². The zero-order valence-electron chi connectivity index (χ0n) is 16.5. The number of fused-ring (bicyclic) bond motifs is 1. The van der Waals surface area contributed by atoms with Gasteiger partial charge in [-0.25, -0.2) is 17.7 Å². The van der Waals surface area contributed by atoms with Gasteiger partial charge in [0, 0.05) is 24.1 Å². The van der Waals surface area contributed by atoms with Crippen molar-refractivity contribution in [3.8, 4) is 0 Å². The van der Waals surface area contributed by atoms with E-state index < -0.39 is 10.0 Å². The fourth-order valence-corrected chi connectivity index (χ4v) is 5.50. The first kappa shape index (κ1) is 21.8. The predicted octanol–water partition coefficient (Wildman–Crippen LogP) is 4.69. The average molecular weight is 450 g/mol. The van der Waals surface area contributed by atoms with E-state index in [4.69, 9.17) is 0 Å². The number of thioether (sulfide) groups is 1. The van der Waals surface area contributed by atoms with Gasteiger partial charge < -0.3 is 0 Å². The summed E-state index contributed by atoms with van der Waals surface area (Å²) >= 11 is 3.02. The van der Waals surface area contributed by atoms with Crippen molar-refractivity contribution in [2.75, 3.05) is 25.2 Å². The summed E-state index contributed by atoms with van der Waals surface area (Å²) in [6, 6.07) is 11.9. The maximum Gasteiger partial charge on any atom is 0.257 e. The second kappa shape index (κ2) is 9.25. The molecule has 0 spiro atoms. The Bertz CT molecular complexity index is 1110. The lowest BCUT2D eigenvalue weighted by atomic mass is 10.2. The van der Waals surface area contributed by atoms with Crippen molar-refractivity contribution in [1.82, 2.24) is 9.29 Å². The normalized spacial score (nSPS) is 11.9. The molecule has 1 heterocycles. The Morgan fingerprint density at radius 1 is 1.21 bits per heavy atom. The standard InChI is InChI=1S/C20H23N3O3S3/c1-4-5-13-23(2)29(25,26)15-11-9-14(10-12-15)19(24)22-20-21-18-16(27-3)7-6-8-17(18)28-20/h6-12H,4-5,13H2,1-3H3,(H,21,22,24). The highest BCUT2D eigenvalue weighted by Gasteiger charge is 2.20. The summed E-state index contributed by atoms with van der Waals surface area (Å²) in [5.41, 5.74) is 1.25. The number of rotatable bonds is 8. The minimum atomic E-state index is -3.55. The van der Waals surface area contributed by atoms with Gasteiger partial charge in [-0.3, -0.25) is 10.1 Å². The van der Waals surface area contributed by atoms with E-state index in [-0.39, 0.29) is 10.8 Å². The first-order valence-electron chi connectivity index (χ1n) is 9.18. The number of nitrogens with zero attached hydrogens (tertiary/aromatic N) is 2. The number of hydrogen-bond acceptors (Lipinski definition) is 6. The number of nitrogens with one attached hydrogen (secondary N) is 1. The van der Waals surface area contributed by atoms with Gasteiger partial charge >= 0.3 is 0 Å². The zero-order valence-corrected chi connectivity index (χ0v) is 19.0. The molecule has 2 aromatic carbocycles. The molecule has 0 fully saturated rings. The highest BCUT2D eigenvalue weighted by atomic mass is 32.2. The van der Waals surface area contributed by atoms with E-state index in [1.807, 2.05) is 31.4 Å². The van der Waals surface area contributed by atoms with Crippen LogP contribution in [0.15, 0.2) is 52.3 Å². The molecule has 3 aromatic rings. The third kappa shape index (κ3) is 4.80. The van der Waals surface area contributed by atoms with Crippen LogP contribution in [0, 0.1) is 0 Å². The minimum absolute atomic E-state index is 0.178. The van der Waals surface area contributed by atoms with Crippen LogP contribution in [0.3, 0.4) is 0 Å². The maximum absolute atomic E-state index is 12.6. The molecule has 1 N–H and O–H groups in total. The Labute approximate surface area is 179 Å². The fourth-order valence-electron chi connectivity index (χ4n) is 2.77. The van der Waals surface area contributed by atoms with Crippen molar-refractivity contribution >= 4 is 54.4 Å². The molecule has 1 amide bonds. The molecule has 3 rings (SSSR count). The van der Waals surface area contributed by atoms with Crippen LogP contribution in [0.25, 0.3) is 10.2 Å². The lowest BCUT2D eigenvalue weighted by molar-refractivity contribution is 0.102. The highest BCUT2D eigenvalue weighted by molar-refractivity contribution is 7.98. The van der Waals surface area contributed by atoms with E-state index in [0.717, 1.165) is 28.0 Å². The number of hydrogen-bond donors (Lipinski definition) is 1. The van der Waals surface area contributed by atoms with Gasteiger partial charge in [0.05, 0.1) is 15.1 Å². The van der Waals surface area contributed by atoms with E-state index in [1.165, 1.54) is 39.9 Å². The Morgan fingerprint density at radius 3 is 2.59 bits per heavy atom. The summed E-state index contributed by atoms with van der Waals surface area (Å²) in [7, 11) is -1.98. The summed E-state index contributed by atoms with van der Waals surface area (Å²) in [6.07, 6.45) is 3.71. The lowest BCUT2D eigenvalue weighted by Crippen LogP contribution is -2.28. The number of para-hydroxylation sites is 1. The number of amides is 1. The molecule has 0 unspecified atom stereocenters. The molecule has 0 saturated carbocycles. The average Bonchev–Trinajstić information content (AvgIpc) is 3.14. The summed E-state index contributed by atoms with van der Waals surface area (Å²) < 4.78 is 27.5. The van der Waals surface area contributed by atoms with Crippen molar-refractivity contribution in [1.29, 1.82) is 0 Å². The van der Waals surface area contributed by atoms with Crippen molar-refractivity contribution in [3.63, 3.8) is 0 Å². The first-order valence-corrected chi connectivity index (χ1v) is 12.7. The summed E-state index contributed by atoms with van der Waals surface area (Å²) in [5, 5.41) is 3.32.